The third-order valence-corrected chi connectivity index (χ3v) is 6.73. The summed E-state index contributed by atoms with van der Waals surface area (Å²) in [5.41, 5.74) is 3.13. The molecule has 1 atom stereocenters. The minimum atomic E-state index is -0.636. The predicted molar refractivity (Wildman–Crippen MR) is 129 cm³/mol. The maximum Gasteiger partial charge on any atom is 0.338 e. The fourth-order valence-corrected chi connectivity index (χ4v) is 5.03. The molecule has 1 N–H and O–H groups in total. The number of allylic oxidation sites excluding steroid dienone is 1. The monoisotopic (exact) mass is 482 g/mol. The van der Waals surface area contributed by atoms with Crippen LogP contribution < -0.4 is 14.9 Å². The Balaban J connectivity index is 1.87. The van der Waals surface area contributed by atoms with Crippen LogP contribution in [0.2, 0.25) is 5.02 Å². The first-order valence-corrected chi connectivity index (χ1v) is 11.7. The molecule has 2 aromatic carbocycles. The van der Waals surface area contributed by atoms with E-state index in [2.05, 4.69) is 4.99 Å². The van der Waals surface area contributed by atoms with Crippen LogP contribution in [-0.4, -0.2) is 22.2 Å². The average molecular weight is 483 g/mol. The molecule has 0 saturated carbocycles. The van der Waals surface area contributed by atoms with Gasteiger partial charge in [-0.05, 0) is 56.5 Å². The highest BCUT2D eigenvalue weighted by molar-refractivity contribution is 7.07. The summed E-state index contributed by atoms with van der Waals surface area (Å²) in [6, 6.07) is 11.9. The maximum absolute atomic E-state index is 13.5. The minimum Gasteiger partial charge on any atom is -0.508 e. The van der Waals surface area contributed by atoms with Gasteiger partial charge < -0.3 is 9.84 Å². The molecular formula is C25H23ClN2O4S. The molecule has 0 unspecified atom stereocenters. The molecule has 33 heavy (non-hydrogen) atoms. The van der Waals surface area contributed by atoms with Crippen molar-refractivity contribution in [2.75, 3.05) is 6.61 Å². The van der Waals surface area contributed by atoms with E-state index in [0.717, 1.165) is 11.1 Å². The number of thiazole rings is 1. The Kier molecular flexibility index (Phi) is 6.54. The summed E-state index contributed by atoms with van der Waals surface area (Å²) in [6.07, 6.45) is 2.08. The van der Waals surface area contributed by atoms with Gasteiger partial charge in [-0.2, -0.15) is 0 Å². The number of hydrogen-bond donors (Lipinski definition) is 1. The Morgan fingerprint density at radius 2 is 1.97 bits per heavy atom. The number of ether oxygens (including phenoxy) is 1. The van der Waals surface area contributed by atoms with E-state index >= 15 is 0 Å². The van der Waals surface area contributed by atoms with Crippen molar-refractivity contribution in [3.8, 4) is 5.75 Å². The van der Waals surface area contributed by atoms with Crippen molar-refractivity contribution in [1.82, 2.24) is 4.57 Å². The molecule has 0 radical (unpaired) electrons. The zero-order chi connectivity index (χ0) is 23.7. The predicted octanol–water partition coefficient (Wildman–Crippen LogP) is 3.66. The Morgan fingerprint density at radius 3 is 2.67 bits per heavy atom. The molecule has 0 fully saturated rings. The van der Waals surface area contributed by atoms with Crippen LogP contribution in [0.1, 0.15) is 36.6 Å². The number of esters is 1. The summed E-state index contributed by atoms with van der Waals surface area (Å²) >= 11 is 7.30. The number of carbonyl (C=O) groups is 1. The molecule has 8 heteroatoms. The van der Waals surface area contributed by atoms with Crippen molar-refractivity contribution in [3.63, 3.8) is 0 Å². The zero-order valence-electron chi connectivity index (χ0n) is 18.5. The second-order valence-electron chi connectivity index (χ2n) is 7.75. The molecule has 2 heterocycles. The van der Waals surface area contributed by atoms with Crippen molar-refractivity contribution in [2.45, 2.75) is 33.2 Å². The Hall–Kier alpha value is -3.16. The summed E-state index contributed by atoms with van der Waals surface area (Å²) in [6.45, 7) is 5.71. The van der Waals surface area contributed by atoms with Gasteiger partial charge in [0.25, 0.3) is 5.56 Å². The van der Waals surface area contributed by atoms with Gasteiger partial charge in [0.05, 0.1) is 28.5 Å². The fourth-order valence-electron chi connectivity index (χ4n) is 3.81. The van der Waals surface area contributed by atoms with Gasteiger partial charge in [0.1, 0.15) is 5.75 Å². The lowest BCUT2D eigenvalue weighted by atomic mass is 9.95. The van der Waals surface area contributed by atoms with Crippen LogP contribution in [0.3, 0.4) is 0 Å². The lowest BCUT2D eigenvalue weighted by Gasteiger charge is -2.24. The van der Waals surface area contributed by atoms with Crippen LogP contribution in [0.15, 0.2) is 63.5 Å². The number of phenolic OH excluding ortho intramolecular Hbond substituents is 1. The van der Waals surface area contributed by atoms with Gasteiger partial charge in [0.2, 0.25) is 0 Å². The van der Waals surface area contributed by atoms with Crippen LogP contribution >= 0.6 is 22.9 Å². The third-order valence-electron chi connectivity index (χ3n) is 5.46. The van der Waals surface area contributed by atoms with Crippen molar-refractivity contribution in [1.29, 1.82) is 0 Å². The van der Waals surface area contributed by atoms with E-state index in [1.54, 1.807) is 36.6 Å². The van der Waals surface area contributed by atoms with E-state index in [1.807, 2.05) is 31.2 Å². The molecule has 170 valence electrons. The van der Waals surface area contributed by atoms with Crippen LogP contribution in [0.4, 0.5) is 0 Å². The summed E-state index contributed by atoms with van der Waals surface area (Å²) < 4.78 is 7.33. The van der Waals surface area contributed by atoms with Gasteiger partial charge in [-0.1, -0.05) is 58.8 Å². The number of halogens is 1. The molecule has 0 spiro atoms. The number of fused-ring (bicyclic) bond motifs is 1. The molecule has 0 amide bonds. The maximum atomic E-state index is 13.5. The molecule has 1 aromatic heterocycles. The van der Waals surface area contributed by atoms with E-state index in [-0.39, 0.29) is 17.9 Å². The second-order valence-corrected chi connectivity index (χ2v) is 9.20. The largest absolute Gasteiger partial charge is 0.508 e. The Morgan fingerprint density at radius 1 is 1.24 bits per heavy atom. The highest BCUT2D eigenvalue weighted by Crippen LogP contribution is 2.30. The summed E-state index contributed by atoms with van der Waals surface area (Å²) in [5, 5.41) is 10.6. The number of phenols is 1. The van der Waals surface area contributed by atoms with E-state index in [4.69, 9.17) is 16.3 Å². The second kappa shape index (κ2) is 9.37. The normalized spacial score (nSPS) is 15.9. The third kappa shape index (κ3) is 4.51. The number of hydrogen-bond acceptors (Lipinski definition) is 6. The first-order valence-electron chi connectivity index (χ1n) is 10.5. The van der Waals surface area contributed by atoms with E-state index in [1.165, 1.54) is 17.4 Å². The van der Waals surface area contributed by atoms with Crippen molar-refractivity contribution in [2.24, 2.45) is 4.99 Å². The van der Waals surface area contributed by atoms with Crippen molar-refractivity contribution >= 4 is 35.0 Å². The van der Waals surface area contributed by atoms with Gasteiger partial charge in [0, 0.05) is 5.02 Å². The van der Waals surface area contributed by atoms with Gasteiger partial charge in [0.15, 0.2) is 4.80 Å². The minimum absolute atomic E-state index is 0.112. The fraction of sp³-hybridized carbons (Fsp3) is 0.240. The standard InChI is InChI=1S/C25H23ClN2O4S/c1-4-32-24(31)21-15(3)27-25-28(22(21)16-7-5-14(2)6-8-16)23(30)20(33-25)12-9-17-13-18(26)10-11-19(17)29/h5-8,10-13,22,29H,4,9H2,1-3H3/b20-12-/t22-/m1/s1. The molecule has 6 nitrogen and oxygen atoms in total. The Labute approximate surface area is 199 Å². The topological polar surface area (TPSA) is 80.9 Å². The van der Waals surface area contributed by atoms with Crippen molar-refractivity contribution in [3.05, 3.63) is 95.1 Å². The first kappa shape index (κ1) is 23.0. The highest BCUT2D eigenvalue weighted by Gasteiger charge is 2.33. The molecule has 1 aliphatic rings. The number of aromatic nitrogens is 1. The smallest absolute Gasteiger partial charge is 0.338 e. The van der Waals surface area contributed by atoms with Crippen molar-refractivity contribution < 1.29 is 14.6 Å². The molecule has 0 bridgehead atoms. The number of aromatic hydroxyl groups is 1. The molecule has 1 aliphatic heterocycles. The van der Waals surface area contributed by atoms with E-state index < -0.39 is 12.0 Å². The number of benzene rings is 2. The molecular weight excluding hydrogens is 460 g/mol. The van der Waals surface area contributed by atoms with E-state index in [9.17, 15) is 14.7 Å². The van der Waals surface area contributed by atoms with Gasteiger partial charge in [-0.15, -0.1) is 0 Å². The summed E-state index contributed by atoms with van der Waals surface area (Å²) in [5.74, 6) is -0.371. The van der Waals surface area contributed by atoms with Gasteiger partial charge >= 0.3 is 5.97 Å². The van der Waals surface area contributed by atoms with Gasteiger partial charge in [-0.25, -0.2) is 9.79 Å². The molecule has 4 rings (SSSR count). The molecule has 0 saturated heterocycles. The van der Waals surface area contributed by atoms with Crippen LogP contribution in [0, 0.1) is 6.92 Å². The average Bonchev–Trinajstić information content (AvgIpc) is 3.09. The number of rotatable bonds is 5. The number of carbonyl (C=O) groups excluding carboxylic acids is 1. The van der Waals surface area contributed by atoms with Crippen LogP contribution in [0.25, 0.3) is 6.08 Å². The number of aryl methyl sites for hydroxylation is 1. The van der Waals surface area contributed by atoms with Gasteiger partial charge in [-0.3, -0.25) is 9.36 Å². The lowest BCUT2D eigenvalue weighted by molar-refractivity contribution is -0.139. The van der Waals surface area contributed by atoms with Crippen LogP contribution in [-0.2, 0) is 16.0 Å². The first-order chi connectivity index (χ1) is 15.8. The highest BCUT2D eigenvalue weighted by atomic mass is 35.5. The molecule has 0 aliphatic carbocycles. The SMILES string of the molecule is CCOC(=O)C1=C(C)N=c2s/c(=C\Cc3cc(Cl)ccc3O)c(=O)n2[C@@H]1c1ccc(C)cc1. The van der Waals surface area contributed by atoms with E-state index in [0.29, 0.717) is 37.6 Å². The molecule has 3 aromatic rings. The van der Waals surface area contributed by atoms with Crippen LogP contribution in [0.5, 0.6) is 5.75 Å². The quantitative estimate of drug-likeness (QED) is 0.563. The summed E-state index contributed by atoms with van der Waals surface area (Å²) in [7, 11) is 0. The summed E-state index contributed by atoms with van der Waals surface area (Å²) in [4.78, 5) is 31.4. The number of nitrogens with zero attached hydrogens (tertiary/aromatic N) is 2. The lowest BCUT2D eigenvalue weighted by Crippen LogP contribution is -2.39. The Bertz CT molecular complexity index is 1430. The zero-order valence-corrected chi connectivity index (χ0v) is 20.0.